The van der Waals surface area contributed by atoms with Crippen LogP contribution in [0.2, 0.25) is 0 Å². The van der Waals surface area contributed by atoms with E-state index in [9.17, 15) is 0 Å². The van der Waals surface area contributed by atoms with Crippen LogP contribution in [0.4, 0.5) is 11.5 Å². The van der Waals surface area contributed by atoms with E-state index in [0.717, 1.165) is 11.7 Å². The van der Waals surface area contributed by atoms with E-state index in [0.29, 0.717) is 17.6 Å². The van der Waals surface area contributed by atoms with E-state index in [4.69, 9.17) is 10.5 Å². The monoisotopic (exact) mass is 235 g/mol. The van der Waals surface area contributed by atoms with Gasteiger partial charge in [0, 0.05) is 6.04 Å². The number of pyridine rings is 1. The molecule has 1 unspecified atom stereocenters. The van der Waals surface area contributed by atoms with Crippen LogP contribution in [-0.2, 0) is 0 Å². The molecule has 0 aromatic carbocycles. The maximum Gasteiger partial charge on any atom is 0.239 e. The third kappa shape index (κ3) is 3.25. The molecule has 0 radical (unpaired) electrons. The van der Waals surface area contributed by atoms with Crippen molar-refractivity contribution in [3.8, 4) is 5.88 Å². The maximum absolute atomic E-state index is 5.83. The second-order valence-corrected chi connectivity index (χ2v) is 5.03. The molecule has 17 heavy (non-hydrogen) atoms. The lowest BCUT2D eigenvalue weighted by atomic mass is 10.2. The second-order valence-electron chi connectivity index (χ2n) is 5.03. The fourth-order valence-corrected chi connectivity index (χ4v) is 1.80. The van der Waals surface area contributed by atoms with Gasteiger partial charge in [-0.05, 0) is 51.7 Å². The molecular weight excluding hydrogens is 214 g/mol. The highest BCUT2D eigenvalue weighted by Gasteiger charge is 2.28. The third-order valence-electron chi connectivity index (χ3n) is 2.94. The molecule has 1 atom stereocenters. The van der Waals surface area contributed by atoms with Crippen LogP contribution in [0.5, 0.6) is 5.88 Å². The van der Waals surface area contributed by atoms with Crippen LogP contribution in [0.25, 0.3) is 0 Å². The van der Waals surface area contributed by atoms with Crippen molar-refractivity contribution in [2.75, 3.05) is 11.1 Å². The fourth-order valence-electron chi connectivity index (χ4n) is 1.80. The van der Waals surface area contributed by atoms with Crippen molar-refractivity contribution in [2.45, 2.75) is 45.8 Å². The number of ether oxygens (including phenoxy) is 1. The quantitative estimate of drug-likeness (QED) is 0.823. The lowest BCUT2D eigenvalue weighted by Crippen LogP contribution is -2.18. The lowest BCUT2D eigenvalue weighted by Gasteiger charge is -2.16. The zero-order valence-corrected chi connectivity index (χ0v) is 10.7. The maximum atomic E-state index is 5.83. The Morgan fingerprint density at radius 3 is 2.65 bits per heavy atom. The summed E-state index contributed by atoms with van der Waals surface area (Å²) < 4.78 is 5.57. The van der Waals surface area contributed by atoms with Gasteiger partial charge in [-0.15, -0.1) is 0 Å². The minimum atomic E-state index is 0.0842. The van der Waals surface area contributed by atoms with Crippen LogP contribution >= 0.6 is 0 Å². The van der Waals surface area contributed by atoms with Crippen LogP contribution in [0.1, 0.15) is 33.6 Å². The summed E-state index contributed by atoms with van der Waals surface area (Å²) in [7, 11) is 0. The number of nitrogens with one attached hydrogen (secondary N) is 1. The Kier molecular flexibility index (Phi) is 3.41. The van der Waals surface area contributed by atoms with Gasteiger partial charge in [-0.2, -0.15) is 4.98 Å². The lowest BCUT2D eigenvalue weighted by molar-refractivity contribution is 0.234. The number of hydrogen-bond acceptors (Lipinski definition) is 4. The summed E-state index contributed by atoms with van der Waals surface area (Å²) in [5.41, 5.74) is 6.41. The van der Waals surface area contributed by atoms with Gasteiger partial charge in [0.25, 0.3) is 0 Å². The molecule has 0 spiro atoms. The van der Waals surface area contributed by atoms with Gasteiger partial charge in [0.15, 0.2) is 0 Å². The molecule has 2 rings (SSSR count). The van der Waals surface area contributed by atoms with Crippen molar-refractivity contribution >= 4 is 11.5 Å². The number of nitrogen functional groups attached to an aromatic ring is 1. The minimum absolute atomic E-state index is 0.0842. The van der Waals surface area contributed by atoms with Gasteiger partial charge in [-0.3, -0.25) is 0 Å². The first kappa shape index (κ1) is 12.0. The van der Waals surface area contributed by atoms with E-state index < -0.39 is 0 Å². The molecule has 1 heterocycles. The Morgan fingerprint density at radius 1 is 1.35 bits per heavy atom. The molecule has 0 amide bonds. The average Bonchev–Trinajstić information content (AvgIpc) is 3.05. The first-order valence-corrected chi connectivity index (χ1v) is 6.26. The topological polar surface area (TPSA) is 60.2 Å². The molecule has 4 nitrogen and oxygen atoms in total. The van der Waals surface area contributed by atoms with Crippen molar-refractivity contribution in [3.63, 3.8) is 0 Å². The summed E-state index contributed by atoms with van der Waals surface area (Å²) in [6.45, 7) is 6.13. The van der Waals surface area contributed by atoms with Crippen LogP contribution in [0.15, 0.2) is 12.1 Å². The van der Waals surface area contributed by atoms with Crippen molar-refractivity contribution < 1.29 is 4.74 Å². The standard InChI is InChI=1S/C13H21N3O/c1-8(2)17-13-11(14)6-7-12(16-13)15-9(3)10-4-5-10/h6-10H,4-5,14H2,1-3H3,(H,15,16). The van der Waals surface area contributed by atoms with Crippen LogP contribution in [0, 0.1) is 5.92 Å². The molecule has 1 fully saturated rings. The molecule has 3 N–H and O–H groups in total. The van der Waals surface area contributed by atoms with Crippen molar-refractivity contribution in [1.29, 1.82) is 0 Å². The van der Waals surface area contributed by atoms with Crippen LogP contribution < -0.4 is 15.8 Å². The highest BCUT2D eigenvalue weighted by Crippen LogP contribution is 2.34. The Balaban J connectivity index is 2.06. The van der Waals surface area contributed by atoms with Gasteiger partial charge in [0.1, 0.15) is 5.82 Å². The predicted molar refractivity (Wildman–Crippen MR) is 70.2 cm³/mol. The van der Waals surface area contributed by atoms with Crippen LogP contribution in [0.3, 0.4) is 0 Å². The molecule has 1 aromatic heterocycles. The number of nitrogens with zero attached hydrogens (tertiary/aromatic N) is 1. The van der Waals surface area contributed by atoms with Crippen LogP contribution in [-0.4, -0.2) is 17.1 Å². The molecule has 1 aliphatic rings. The average molecular weight is 235 g/mol. The molecule has 1 aromatic rings. The Bertz CT molecular complexity index is 388. The summed E-state index contributed by atoms with van der Waals surface area (Å²) in [4.78, 5) is 4.40. The molecule has 94 valence electrons. The summed E-state index contributed by atoms with van der Waals surface area (Å²) in [6, 6.07) is 4.21. The summed E-state index contributed by atoms with van der Waals surface area (Å²) in [5.74, 6) is 2.16. The SMILES string of the molecule is CC(C)Oc1nc(NC(C)C2CC2)ccc1N. The highest BCUT2D eigenvalue weighted by molar-refractivity contribution is 5.54. The number of nitrogens with two attached hydrogens (primary N) is 1. The number of hydrogen-bond donors (Lipinski definition) is 2. The number of anilines is 2. The summed E-state index contributed by atoms with van der Waals surface area (Å²) >= 11 is 0. The van der Waals surface area contributed by atoms with Gasteiger partial charge < -0.3 is 15.8 Å². The molecule has 4 heteroatoms. The van der Waals surface area contributed by atoms with E-state index in [1.54, 1.807) is 0 Å². The Morgan fingerprint density at radius 2 is 2.06 bits per heavy atom. The van der Waals surface area contributed by atoms with E-state index >= 15 is 0 Å². The Hall–Kier alpha value is -1.45. The van der Waals surface area contributed by atoms with Gasteiger partial charge in [-0.1, -0.05) is 0 Å². The molecule has 0 saturated heterocycles. The van der Waals surface area contributed by atoms with Gasteiger partial charge >= 0.3 is 0 Å². The zero-order chi connectivity index (χ0) is 12.4. The highest BCUT2D eigenvalue weighted by atomic mass is 16.5. The summed E-state index contributed by atoms with van der Waals surface area (Å²) in [5, 5.41) is 3.40. The van der Waals surface area contributed by atoms with E-state index in [1.165, 1.54) is 12.8 Å². The van der Waals surface area contributed by atoms with Crippen molar-refractivity contribution in [2.24, 2.45) is 5.92 Å². The zero-order valence-electron chi connectivity index (χ0n) is 10.7. The molecule has 0 aliphatic heterocycles. The molecule has 1 aliphatic carbocycles. The van der Waals surface area contributed by atoms with Crippen molar-refractivity contribution in [3.05, 3.63) is 12.1 Å². The third-order valence-corrected chi connectivity index (χ3v) is 2.94. The predicted octanol–water partition coefficient (Wildman–Crippen LogP) is 2.66. The smallest absolute Gasteiger partial charge is 0.239 e. The number of aromatic nitrogens is 1. The van der Waals surface area contributed by atoms with Crippen molar-refractivity contribution in [1.82, 2.24) is 4.98 Å². The molecule has 1 saturated carbocycles. The fraction of sp³-hybridized carbons (Fsp3) is 0.615. The first-order chi connectivity index (χ1) is 8.06. The summed E-state index contributed by atoms with van der Waals surface area (Å²) in [6.07, 6.45) is 2.72. The molecular formula is C13H21N3O. The first-order valence-electron chi connectivity index (χ1n) is 6.26. The normalized spacial score (nSPS) is 16.9. The molecule has 0 bridgehead atoms. The van der Waals surface area contributed by atoms with E-state index in [-0.39, 0.29) is 6.10 Å². The largest absolute Gasteiger partial charge is 0.473 e. The minimum Gasteiger partial charge on any atom is -0.473 e. The van der Waals surface area contributed by atoms with Gasteiger partial charge in [0.2, 0.25) is 5.88 Å². The van der Waals surface area contributed by atoms with E-state index in [1.807, 2.05) is 26.0 Å². The van der Waals surface area contributed by atoms with E-state index in [2.05, 4.69) is 17.2 Å². The van der Waals surface area contributed by atoms with Gasteiger partial charge in [0.05, 0.1) is 11.8 Å². The second kappa shape index (κ2) is 4.82. The number of rotatable bonds is 5. The Labute approximate surface area is 103 Å². The van der Waals surface area contributed by atoms with Gasteiger partial charge in [-0.25, -0.2) is 0 Å².